The summed E-state index contributed by atoms with van der Waals surface area (Å²) in [5.41, 5.74) is -1.14. The number of nitrogens with zero attached hydrogens (tertiary/aromatic N) is 1. The highest BCUT2D eigenvalue weighted by atomic mass is 127. The van der Waals surface area contributed by atoms with E-state index in [0.29, 0.717) is 4.57 Å². The van der Waals surface area contributed by atoms with E-state index in [-0.39, 0.29) is 9.32 Å². The van der Waals surface area contributed by atoms with Gasteiger partial charge in [0.1, 0.15) is 11.4 Å². The molecule has 18 heavy (non-hydrogen) atoms. The molecule has 1 aromatic rings. The fourth-order valence-corrected chi connectivity index (χ4v) is 3.12. The zero-order valence-electron chi connectivity index (χ0n) is 9.16. The standard InChI is InChI=1S/C9H9F3INO3S/c1-2-18(16,17)7-3-6(13)4-14(8(7)15)5-9(10,11)12/h3-4H,2,5H2,1H3. The lowest BCUT2D eigenvalue weighted by Crippen LogP contribution is -2.31. The van der Waals surface area contributed by atoms with E-state index in [4.69, 9.17) is 0 Å². The van der Waals surface area contributed by atoms with Gasteiger partial charge in [0, 0.05) is 9.77 Å². The van der Waals surface area contributed by atoms with Gasteiger partial charge in [-0.2, -0.15) is 13.2 Å². The molecule has 0 bridgehead atoms. The Morgan fingerprint density at radius 1 is 1.39 bits per heavy atom. The van der Waals surface area contributed by atoms with Crippen LogP contribution in [0.3, 0.4) is 0 Å². The van der Waals surface area contributed by atoms with Crippen LogP contribution in [0, 0.1) is 3.57 Å². The van der Waals surface area contributed by atoms with Crippen LogP contribution in [-0.2, 0) is 16.4 Å². The van der Waals surface area contributed by atoms with Crippen LogP contribution in [0.15, 0.2) is 22.0 Å². The minimum Gasteiger partial charge on any atom is -0.304 e. The molecule has 102 valence electrons. The summed E-state index contributed by atoms with van der Waals surface area (Å²) in [4.78, 5) is 11.1. The molecule has 0 aromatic carbocycles. The highest BCUT2D eigenvalue weighted by Crippen LogP contribution is 2.18. The molecule has 0 saturated heterocycles. The molecule has 0 atom stereocenters. The summed E-state index contributed by atoms with van der Waals surface area (Å²) < 4.78 is 60.6. The monoisotopic (exact) mass is 395 g/mol. The fourth-order valence-electron chi connectivity index (χ4n) is 1.26. The van der Waals surface area contributed by atoms with Crippen LogP contribution in [0.5, 0.6) is 0 Å². The number of halogens is 4. The molecule has 0 spiro atoms. The zero-order chi connectivity index (χ0) is 14.1. The van der Waals surface area contributed by atoms with Crippen molar-refractivity contribution in [3.63, 3.8) is 0 Å². The predicted molar refractivity (Wildman–Crippen MR) is 67.2 cm³/mol. The van der Waals surface area contributed by atoms with Gasteiger partial charge >= 0.3 is 6.18 Å². The maximum absolute atomic E-state index is 12.3. The summed E-state index contributed by atoms with van der Waals surface area (Å²) in [5, 5.41) is 0. The molecule has 0 radical (unpaired) electrons. The summed E-state index contributed by atoms with van der Waals surface area (Å²) in [6, 6.07) is 1.08. The second kappa shape index (κ2) is 5.19. The average Bonchev–Trinajstić information content (AvgIpc) is 2.20. The van der Waals surface area contributed by atoms with Gasteiger partial charge < -0.3 is 4.57 Å². The molecule has 0 aliphatic carbocycles. The smallest absolute Gasteiger partial charge is 0.304 e. The van der Waals surface area contributed by atoms with Crippen molar-refractivity contribution in [3.05, 3.63) is 26.2 Å². The fraction of sp³-hybridized carbons (Fsp3) is 0.444. The van der Waals surface area contributed by atoms with Gasteiger partial charge in [0.15, 0.2) is 9.84 Å². The highest BCUT2D eigenvalue weighted by Gasteiger charge is 2.30. The van der Waals surface area contributed by atoms with E-state index in [9.17, 15) is 26.4 Å². The van der Waals surface area contributed by atoms with E-state index in [0.717, 1.165) is 12.3 Å². The Bertz CT molecular complexity index is 606. The second-order valence-corrected chi connectivity index (χ2v) is 6.97. The largest absolute Gasteiger partial charge is 0.406 e. The van der Waals surface area contributed by atoms with Crippen molar-refractivity contribution >= 4 is 32.4 Å². The maximum Gasteiger partial charge on any atom is 0.406 e. The van der Waals surface area contributed by atoms with Crippen LogP contribution in [0.4, 0.5) is 13.2 Å². The first-order valence-corrected chi connectivity index (χ1v) is 7.49. The lowest BCUT2D eigenvalue weighted by Gasteiger charge is -2.11. The highest BCUT2D eigenvalue weighted by molar-refractivity contribution is 14.1. The molecule has 0 aliphatic heterocycles. The molecule has 1 aromatic heterocycles. The minimum absolute atomic E-state index is 0.253. The van der Waals surface area contributed by atoms with Gasteiger partial charge in [-0.1, -0.05) is 6.92 Å². The molecule has 0 aliphatic rings. The third-order valence-electron chi connectivity index (χ3n) is 2.08. The zero-order valence-corrected chi connectivity index (χ0v) is 12.1. The van der Waals surface area contributed by atoms with Crippen molar-refractivity contribution in [2.24, 2.45) is 0 Å². The number of hydrogen-bond acceptors (Lipinski definition) is 3. The van der Waals surface area contributed by atoms with Gasteiger partial charge in [-0.25, -0.2) is 8.42 Å². The second-order valence-electron chi connectivity index (χ2n) is 3.47. The molecule has 0 amide bonds. The van der Waals surface area contributed by atoms with E-state index in [1.54, 1.807) is 22.6 Å². The van der Waals surface area contributed by atoms with E-state index in [1.807, 2.05) is 0 Å². The lowest BCUT2D eigenvalue weighted by atomic mass is 10.4. The summed E-state index contributed by atoms with van der Waals surface area (Å²) in [6.07, 6.45) is -3.60. The van der Waals surface area contributed by atoms with Crippen molar-refractivity contribution in [2.75, 3.05) is 5.75 Å². The van der Waals surface area contributed by atoms with E-state index < -0.39 is 33.0 Å². The predicted octanol–water partition coefficient (Wildman–Crippen LogP) is 1.81. The molecule has 0 N–H and O–H groups in total. The quantitative estimate of drug-likeness (QED) is 0.734. The summed E-state index contributed by atoms with van der Waals surface area (Å²) >= 11 is 1.66. The van der Waals surface area contributed by atoms with Crippen LogP contribution >= 0.6 is 22.6 Å². The maximum atomic E-state index is 12.3. The van der Waals surface area contributed by atoms with Crippen molar-refractivity contribution in [1.29, 1.82) is 0 Å². The molecule has 0 saturated carbocycles. The van der Waals surface area contributed by atoms with Crippen LogP contribution in [-0.4, -0.2) is 24.9 Å². The van der Waals surface area contributed by atoms with Crippen LogP contribution in [0.2, 0.25) is 0 Å². The van der Waals surface area contributed by atoms with E-state index in [1.165, 1.54) is 6.92 Å². The van der Waals surface area contributed by atoms with E-state index >= 15 is 0 Å². The number of pyridine rings is 1. The molecule has 0 unspecified atom stereocenters. The number of aromatic nitrogens is 1. The van der Waals surface area contributed by atoms with Crippen molar-refractivity contribution in [1.82, 2.24) is 4.57 Å². The Hall–Kier alpha value is -0.580. The molecular weight excluding hydrogens is 386 g/mol. The average molecular weight is 395 g/mol. The summed E-state index contributed by atoms with van der Waals surface area (Å²) in [6.45, 7) is -0.183. The van der Waals surface area contributed by atoms with Gasteiger partial charge in [-0.3, -0.25) is 4.79 Å². The molecular formula is C9H9F3INO3S. The summed E-state index contributed by atoms with van der Waals surface area (Å²) in [5.74, 6) is -0.339. The molecule has 0 fully saturated rings. The molecule has 1 rings (SSSR count). The van der Waals surface area contributed by atoms with Crippen molar-refractivity contribution in [3.8, 4) is 0 Å². The Labute approximate surface area is 115 Å². The van der Waals surface area contributed by atoms with Gasteiger partial charge in [0.2, 0.25) is 0 Å². The topological polar surface area (TPSA) is 56.1 Å². The molecule has 1 heterocycles. The minimum atomic E-state index is -4.58. The number of hydrogen-bond donors (Lipinski definition) is 0. The van der Waals surface area contributed by atoms with Gasteiger partial charge in [-0.15, -0.1) is 0 Å². The Morgan fingerprint density at radius 3 is 2.39 bits per heavy atom. The lowest BCUT2D eigenvalue weighted by molar-refractivity contribution is -0.141. The van der Waals surface area contributed by atoms with Gasteiger partial charge in [0.05, 0.1) is 5.75 Å². The first kappa shape index (κ1) is 15.5. The van der Waals surface area contributed by atoms with Crippen LogP contribution < -0.4 is 5.56 Å². The van der Waals surface area contributed by atoms with Crippen molar-refractivity contribution in [2.45, 2.75) is 24.5 Å². The third-order valence-corrected chi connectivity index (χ3v) is 4.40. The van der Waals surface area contributed by atoms with Gasteiger partial charge in [0.25, 0.3) is 5.56 Å². The Kier molecular flexibility index (Phi) is 4.47. The third kappa shape index (κ3) is 3.70. The van der Waals surface area contributed by atoms with Crippen LogP contribution in [0.1, 0.15) is 6.92 Å². The van der Waals surface area contributed by atoms with Crippen LogP contribution in [0.25, 0.3) is 0 Å². The first-order valence-electron chi connectivity index (χ1n) is 4.76. The number of alkyl halides is 3. The number of rotatable bonds is 3. The van der Waals surface area contributed by atoms with Gasteiger partial charge in [-0.05, 0) is 28.7 Å². The first-order chi connectivity index (χ1) is 8.07. The Morgan fingerprint density at radius 2 is 1.94 bits per heavy atom. The normalized spacial score (nSPS) is 12.7. The number of sulfone groups is 1. The summed E-state index contributed by atoms with van der Waals surface area (Å²) in [7, 11) is -3.83. The molecule has 9 heteroatoms. The SMILES string of the molecule is CCS(=O)(=O)c1cc(I)cn(CC(F)(F)F)c1=O. The Balaban J connectivity index is 3.46. The molecule has 4 nitrogen and oxygen atoms in total. The van der Waals surface area contributed by atoms with Crippen molar-refractivity contribution < 1.29 is 21.6 Å². The van der Waals surface area contributed by atoms with E-state index in [2.05, 4.69) is 0 Å².